The summed E-state index contributed by atoms with van der Waals surface area (Å²) in [6.45, 7) is 3.97. The summed E-state index contributed by atoms with van der Waals surface area (Å²) in [5, 5.41) is 13.5. The highest BCUT2D eigenvalue weighted by molar-refractivity contribution is 5.90. The van der Waals surface area contributed by atoms with Crippen LogP contribution in [0.4, 0.5) is 11.4 Å². The number of nitro groups is 1. The Hall–Kier alpha value is -3.00. The summed E-state index contributed by atoms with van der Waals surface area (Å²) in [6.07, 6.45) is 4.82. The fraction of sp³-hybridized carbons (Fsp3) is 0.400. The van der Waals surface area contributed by atoms with Gasteiger partial charge in [0, 0.05) is 30.4 Å². The van der Waals surface area contributed by atoms with Crippen LogP contribution < -0.4 is 10.9 Å². The van der Waals surface area contributed by atoms with Gasteiger partial charge in [-0.1, -0.05) is 18.6 Å². The fourth-order valence-electron chi connectivity index (χ4n) is 3.43. The zero-order valence-corrected chi connectivity index (χ0v) is 15.8. The first kappa shape index (κ1) is 19.8. The highest BCUT2D eigenvalue weighted by Gasteiger charge is 2.18. The number of amides is 1. The molecule has 148 valence electrons. The van der Waals surface area contributed by atoms with Crippen LogP contribution in [-0.4, -0.2) is 32.9 Å². The van der Waals surface area contributed by atoms with E-state index in [1.807, 2.05) is 24.3 Å². The van der Waals surface area contributed by atoms with Crippen LogP contribution in [0.5, 0.6) is 0 Å². The molecule has 1 saturated heterocycles. The number of likely N-dealkylation sites (tertiary alicyclic amines) is 1. The third-order valence-electron chi connectivity index (χ3n) is 5.06. The van der Waals surface area contributed by atoms with Crippen molar-refractivity contribution in [2.75, 3.05) is 11.9 Å². The maximum atomic E-state index is 12.2. The molecule has 1 fully saturated rings. The lowest BCUT2D eigenvalue weighted by Gasteiger charge is -2.33. The second-order valence-corrected chi connectivity index (χ2v) is 7.17. The second-order valence-electron chi connectivity index (χ2n) is 7.17. The van der Waals surface area contributed by atoms with Gasteiger partial charge in [-0.25, -0.2) is 0 Å². The topological polar surface area (TPSA) is 97.5 Å². The highest BCUT2D eigenvalue weighted by Crippen LogP contribution is 2.20. The third kappa shape index (κ3) is 5.04. The number of aromatic nitrogens is 1. The number of pyridine rings is 1. The van der Waals surface area contributed by atoms with Crippen molar-refractivity contribution in [2.45, 2.75) is 45.3 Å². The van der Waals surface area contributed by atoms with Crippen molar-refractivity contribution >= 4 is 17.3 Å². The number of nitrogens with zero attached hydrogens (tertiary/aromatic N) is 3. The molecule has 1 aliphatic heterocycles. The first-order valence-electron chi connectivity index (χ1n) is 9.40. The smallest absolute Gasteiger partial charge is 0.285 e. The monoisotopic (exact) mass is 384 g/mol. The van der Waals surface area contributed by atoms with Crippen LogP contribution in [0.3, 0.4) is 0 Å². The Labute approximate surface area is 162 Å². The number of piperidine rings is 1. The van der Waals surface area contributed by atoms with Crippen molar-refractivity contribution in [1.82, 2.24) is 9.47 Å². The van der Waals surface area contributed by atoms with Crippen LogP contribution in [0.15, 0.2) is 47.4 Å². The van der Waals surface area contributed by atoms with Gasteiger partial charge in [-0.3, -0.25) is 29.2 Å². The van der Waals surface area contributed by atoms with E-state index in [2.05, 4.69) is 17.1 Å². The van der Waals surface area contributed by atoms with Gasteiger partial charge in [0.1, 0.15) is 6.54 Å². The van der Waals surface area contributed by atoms with E-state index in [1.165, 1.54) is 24.8 Å². The molecule has 1 aromatic heterocycles. The molecule has 2 aromatic rings. The molecule has 1 N–H and O–H groups in total. The number of rotatable bonds is 6. The van der Waals surface area contributed by atoms with Crippen LogP contribution in [0.2, 0.25) is 0 Å². The molecule has 1 aromatic carbocycles. The van der Waals surface area contributed by atoms with Crippen LogP contribution in [0, 0.1) is 10.1 Å². The Morgan fingerprint density at radius 2 is 1.96 bits per heavy atom. The third-order valence-corrected chi connectivity index (χ3v) is 5.06. The molecule has 0 radical (unpaired) electrons. The summed E-state index contributed by atoms with van der Waals surface area (Å²) in [6, 6.07) is 10.4. The molecule has 1 atom stereocenters. The molecule has 8 heteroatoms. The minimum atomic E-state index is -0.601. The van der Waals surface area contributed by atoms with Crippen molar-refractivity contribution in [3.63, 3.8) is 0 Å². The largest absolute Gasteiger partial charge is 0.325 e. The Kier molecular flexibility index (Phi) is 6.20. The van der Waals surface area contributed by atoms with Gasteiger partial charge >= 0.3 is 0 Å². The maximum absolute atomic E-state index is 12.2. The highest BCUT2D eigenvalue weighted by atomic mass is 16.6. The molecule has 0 bridgehead atoms. The van der Waals surface area contributed by atoms with Gasteiger partial charge in [-0.05, 0) is 44.0 Å². The first-order valence-corrected chi connectivity index (χ1v) is 9.40. The number of nitrogens with one attached hydrogen (secondary N) is 1. The molecular weight excluding hydrogens is 360 g/mol. The van der Waals surface area contributed by atoms with Gasteiger partial charge in [0.05, 0.1) is 11.1 Å². The Morgan fingerprint density at radius 3 is 2.64 bits per heavy atom. The van der Waals surface area contributed by atoms with E-state index >= 15 is 0 Å². The lowest BCUT2D eigenvalue weighted by atomic mass is 10.0. The van der Waals surface area contributed by atoms with Crippen molar-refractivity contribution in [3.8, 4) is 0 Å². The molecule has 0 spiro atoms. The summed E-state index contributed by atoms with van der Waals surface area (Å²) >= 11 is 0. The molecule has 0 aliphatic carbocycles. The number of carbonyl (C=O) groups is 1. The van der Waals surface area contributed by atoms with Gasteiger partial charge in [0.2, 0.25) is 5.91 Å². The summed E-state index contributed by atoms with van der Waals surface area (Å²) in [4.78, 5) is 36.7. The molecule has 1 aliphatic rings. The number of anilines is 1. The summed E-state index contributed by atoms with van der Waals surface area (Å²) in [5.41, 5.74) is 1.11. The predicted molar refractivity (Wildman–Crippen MR) is 106 cm³/mol. The van der Waals surface area contributed by atoms with Crippen LogP contribution in [0.1, 0.15) is 31.7 Å². The average molecular weight is 384 g/mol. The summed E-state index contributed by atoms with van der Waals surface area (Å²) in [5.74, 6) is -0.417. The first-order chi connectivity index (χ1) is 13.4. The molecule has 3 rings (SSSR count). The van der Waals surface area contributed by atoms with E-state index in [0.717, 1.165) is 36.0 Å². The zero-order chi connectivity index (χ0) is 20.1. The number of hydrogen-bond acceptors (Lipinski definition) is 5. The molecule has 0 saturated carbocycles. The minimum Gasteiger partial charge on any atom is -0.325 e. The fourth-order valence-corrected chi connectivity index (χ4v) is 3.43. The van der Waals surface area contributed by atoms with Crippen LogP contribution in [-0.2, 0) is 17.9 Å². The van der Waals surface area contributed by atoms with Gasteiger partial charge < -0.3 is 5.32 Å². The van der Waals surface area contributed by atoms with Crippen LogP contribution in [0.25, 0.3) is 0 Å². The van der Waals surface area contributed by atoms with Crippen LogP contribution >= 0.6 is 0 Å². The summed E-state index contributed by atoms with van der Waals surface area (Å²) < 4.78 is 1.03. The van der Waals surface area contributed by atoms with E-state index < -0.39 is 16.4 Å². The van der Waals surface area contributed by atoms with Crippen molar-refractivity contribution < 1.29 is 9.72 Å². The summed E-state index contributed by atoms with van der Waals surface area (Å²) in [7, 11) is 0. The quantitative estimate of drug-likeness (QED) is 0.610. The molecule has 1 amide bonds. The predicted octanol–water partition coefficient (Wildman–Crippen LogP) is 2.77. The second kappa shape index (κ2) is 8.79. The Bertz CT molecular complexity index is 907. The molecule has 8 nitrogen and oxygen atoms in total. The van der Waals surface area contributed by atoms with Gasteiger partial charge in [-0.15, -0.1) is 0 Å². The van der Waals surface area contributed by atoms with E-state index in [0.29, 0.717) is 11.7 Å². The van der Waals surface area contributed by atoms with E-state index in [1.54, 1.807) is 0 Å². The molecular formula is C20H24N4O4. The van der Waals surface area contributed by atoms with Gasteiger partial charge in [0.25, 0.3) is 11.2 Å². The standard InChI is InChI=1S/C20H24N4O4/c1-15-4-2-3-11-22(15)12-16-5-7-17(8-6-16)21-19(25)14-23-13-18(24(27)28)9-10-20(23)26/h5-10,13,15H,2-4,11-12,14H2,1H3,(H,21,25). The molecule has 2 heterocycles. The van der Waals surface area contributed by atoms with Gasteiger partial charge in [-0.2, -0.15) is 0 Å². The van der Waals surface area contributed by atoms with Crippen molar-refractivity contribution in [3.05, 3.63) is 68.6 Å². The van der Waals surface area contributed by atoms with Crippen molar-refractivity contribution in [2.24, 2.45) is 0 Å². The SMILES string of the molecule is CC1CCCCN1Cc1ccc(NC(=O)Cn2cc([N+](=O)[O-])ccc2=O)cc1. The average Bonchev–Trinajstić information content (AvgIpc) is 2.66. The number of benzene rings is 1. The minimum absolute atomic E-state index is 0.233. The van der Waals surface area contributed by atoms with E-state index in [9.17, 15) is 19.7 Å². The van der Waals surface area contributed by atoms with E-state index in [4.69, 9.17) is 0 Å². The molecule has 1 unspecified atom stereocenters. The Balaban J connectivity index is 1.59. The lowest BCUT2D eigenvalue weighted by Crippen LogP contribution is -2.36. The number of carbonyl (C=O) groups excluding carboxylic acids is 1. The van der Waals surface area contributed by atoms with E-state index in [-0.39, 0.29) is 12.2 Å². The number of hydrogen-bond donors (Lipinski definition) is 1. The Morgan fingerprint density at radius 1 is 1.21 bits per heavy atom. The molecule has 28 heavy (non-hydrogen) atoms. The maximum Gasteiger partial charge on any atom is 0.285 e. The van der Waals surface area contributed by atoms with Crippen molar-refractivity contribution in [1.29, 1.82) is 0 Å². The normalized spacial score (nSPS) is 17.2. The van der Waals surface area contributed by atoms with Gasteiger partial charge in [0.15, 0.2) is 0 Å². The lowest BCUT2D eigenvalue weighted by molar-refractivity contribution is -0.385. The zero-order valence-electron chi connectivity index (χ0n) is 15.8.